The number of esters is 1. The number of carbonyl (C=O) groups excluding carboxylic acids is 2. The zero-order valence-electron chi connectivity index (χ0n) is 17.2. The first kappa shape index (κ1) is 22.1. The van der Waals surface area contributed by atoms with Crippen LogP contribution in [0.5, 0.6) is 17.2 Å². The fourth-order valence-electron chi connectivity index (χ4n) is 2.41. The van der Waals surface area contributed by atoms with E-state index in [4.69, 9.17) is 18.9 Å². The Labute approximate surface area is 170 Å². The summed E-state index contributed by atoms with van der Waals surface area (Å²) in [5, 5.41) is 2.64. The van der Waals surface area contributed by atoms with E-state index in [1.165, 1.54) is 14.2 Å². The highest BCUT2D eigenvalue weighted by Gasteiger charge is 2.13. The maximum absolute atomic E-state index is 12.2. The lowest BCUT2D eigenvalue weighted by Crippen LogP contribution is -2.21. The van der Waals surface area contributed by atoms with E-state index in [-0.39, 0.29) is 0 Å². The van der Waals surface area contributed by atoms with Crippen LogP contribution in [0.2, 0.25) is 0 Å². The van der Waals surface area contributed by atoms with E-state index in [2.05, 4.69) is 19.2 Å². The summed E-state index contributed by atoms with van der Waals surface area (Å²) in [6, 6.07) is 11.6. The van der Waals surface area contributed by atoms with Crippen LogP contribution in [-0.4, -0.2) is 39.3 Å². The molecular weight excluding hydrogens is 374 g/mol. The fraction of sp³-hybridized carbons (Fsp3) is 0.364. The molecule has 0 bridgehead atoms. The second-order valence-electron chi connectivity index (χ2n) is 6.75. The molecule has 0 aliphatic carbocycles. The number of anilines is 1. The molecule has 0 aliphatic rings. The summed E-state index contributed by atoms with van der Waals surface area (Å²) in [4.78, 5) is 24.3. The summed E-state index contributed by atoms with van der Waals surface area (Å²) in [5.74, 6) is 1.20. The molecule has 0 radical (unpaired) electrons. The summed E-state index contributed by atoms with van der Waals surface area (Å²) < 4.78 is 21.0. The van der Waals surface area contributed by atoms with E-state index in [1.54, 1.807) is 42.5 Å². The average Bonchev–Trinajstić information content (AvgIpc) is 2.72. The van der Waals surface area contributed by atoms with Gasteiger partial charge >= 0.3 is 5.97 Å². The largest absolute Gasteiger partial charge is 0.497 e. The molecule has 0 spiro atoms. The van der Waals surface area contributed by atoms with Gasteiger partial charge in [0.25, 0.3) is 5.91 Å². The molecule has 0 saturated heterocycles. The van der Waals surface area contributed by atoms with Crippen LogP contribution in [0.4, 0.5) is 5.69 Å². The van der Waals surface area contributed by atoms with Crippen LogP contribution >= 0.6 is 0 Å². The first-order chi connectivity index (χ1) is 13.9. The molecule has 2 aromatic carbocycles. The predicted octanol–water partition coefficient (Wildman–Crippen LogP) is 3.92. The summed E-state index contributed by atoms with van der Waals surface area (Å²) >= 11 is 0. The number of benzene rings is 2. The Morgan fingerprint density at radius 1 is 0.966 bits per heavy atom. The van der Waals surface area contributed by atoms with Crippen LogP contribution < -0.4 is 19.5 Å². The number of hydrogen-bond acceptors (Lipinski definition) is 6. The standard InChI is InChI=1S/C22H27NO6/c1-15(2)11-12-28-17-7-5-16(6-8-17)22(25)29-14-21(24)23-19-13-18(26-3)9-10-20(19)27-4/h5-10,13,15H,11-12,14H2,1-4H3,(H,23,24). The van der Waals surface area contributed by atoms with Gasteiger partial charge in [-0.15, -0.1) is 0 Å². The third kappa shape index (κ3) is 7.03. The van der Waals surface area contributed by atoms with E-state index in [0.717, 1.165) is 6.42 Å². The molecule has 1 amide bonds. The first-order valence-electron chi connectivity index (χ1n) is 9.34. The molecule has 2 rings (SSSR count). The van der Waals surface area contributed by atoms with Gasteiger partial charge in [-0.05, 0) is 48.7 Å². The molecule has 2 aromatic rings. The molecular formula is C22H27NO6. The van der Waals surface area contributed by atoms with E-state index >= 15 is 0 Å². The van der Waals surface area contributed by atoms with Gasteiger partial charge in [-0.25, -0.2) is 4.79 Å². The van der Waals surface area contributed by atoms with E-state index in [0.29, 0.717) is 41.0 Å². The van der Waals surface area contributed by atoms with Crippen molar-refractivity contribution < 1.29 is 28.5 Å². The summed E-state index contributed by atoms with van der Waals surface area (Å²) in [7, 11) is 3.02. The van der Waals surface area contributed by atoms with Gasteiger partial charge < -0.3 is 24.3 Å². The van der Waals surface area contributed by atoms with Crippen molar-refractivity contribution in [2.75, 3.05) is 32.8 Å². The molecule has 0 saturated carbocycles. The minimum atomic E-state index is -0.591. The Morgan fingerprint density at radius 2 is 1.66 bits per heavy atom. The quantitative estimate of drug-likeness (QED) is 0.608. The highest BCUT2D eigenvalue weighted by atomic mass is 16.5. The van der Waals surface area contributed by atoms with Crippen LogP contribution in [0.15, 0.2) is 42.5 Å². The molecule has 0 fully saturated rings. The molecule has 7 nitrogen and oxygen atoms in total. The number of rotatable bonds is 10. The number of methoxy groups -OCH3 is 2. The van der Waals surface area contributed by atoms with Crippen molar-refractivity contribution in [2.24, 2.45) is 5.92 Å². The van der Waals surface area contributed by atoms with Crippen molar-refractivity contribution in [1.29, 1.82) is 0 Å². The first-order valence-corrected chi connectivity index (χ1v) is 9.34. The SMILES string of the molecule is COc1ccc(OC)c(NC(=O)COC(=O)c2ccc(OCCC(C)C)cc2)c1. The van der Waals surface area contributed by atoms with Gasteiger partial charge in [-0.3, -0.25) is 4.79 Å². The lowest BCUT2D eigenvalue weighted by molar-refractivity contribution is -0.119. The van der Waals surface area contributed by atoms with Gasteiger partial charge in [0.15, 0.2) is 6.61 Å². The number of hydrogen-bond donors (Lipinski definition) is 1. The molecule has 7 heteroatoms. The van der Waals surface area contributed by atoms with E-state index in [1.807, 2.05) is 0 Å². The lowest BCUT2D eigenvalue weighted by Gasteiger charge is -2.12. The van der Waals surface area contributed by atoms with Gasteiger partial charge in [0.1, 0.15) is 17.2 Å². The predicted molar refractivity (Wildman–Crippen MR) is 110 cm³/mol. The van der Waals surface area contributed by atoms with Crippen molar-refractivity contribution >= 4 is 17.6 Å². The fourth-order valence-corrected chi connectivity index (χ4v) is 2.41. The topological polar surface area (TPSA) is 83.1 Å². The van der Waals surface area contributed by atoms with Crippen molar-refractivity contribution in [1.82, 2.24) is 0 Å². The lowest BCUT2D eigenvalue weighted by atomic mass is 10.1. The normalized spacial score (nSPS) is 10.4. The van der Waals surface area contributed by atoms with Crippen LogP contribution in [0.3, 0.4) is 0 Å². The van der Waals surface area contributed by atoms with Crippen molar-refractivity contribution in [3.05, 3.63) is 48.0 Å². The van der Waals surface area contributed by atoms with E-state index in [9.17, 15) is 9.59 Å². The summed E-state index contributed by atoms with van der Waals surface area (Å²) in [6.45, 7) is 4.45. The molecule has 29 heavy (non-hydrogen) atoms. The van der Waals surface area contributed by atoms with Crippen LogP contribution in [0, 0.1) is 5.92 Å². The molecule has 0 aliphatic heterocycles. The third-order valence-electron chi connectivity index (χ3n) is 4.07. The Hall–Kier alpha value is -3.22. The average molecular weight is 401 g/mol. The Balaban J connectivity index is 1.86. The monoisotopic (exact) mass is 401 g/mol. The summed E-state index contributed by atoms with van der Waals surface area (Å²) in [5.41, 5.74) is 0.767. The smallest absolute Gasteiger partial charge is 0.338 e. The van der Waals surface area contributed by atoms with Crippen molar-refractivity contribution in [3.8, 4) is 17.2 Å². The van der Waals surface area contributed by atoms with Gasteiger partial charge in [0.05, 0.1) is 32.1 Å². The summed E-state index contributed by atoms with van der Waals surface area (Å²) in [6.07, 6.45) is 0.955. The second kappa shape index (κ2) is 10.9. The molecule has 156 valence electrons. The Morgan fingerprint density at radius 3 is 2.28 bits per heavy atom. The van der Waals surface area contributed by atoms with Crippen LogP contribution in [0.25, 0.3) is 0 Å². The Bertz CT molecular complexity index is 817. The number of ether oxygens (including phenoxy) is 4. The maximum Gasteiger partial charge on any atom is 0.338 e. The van der Waals surface area contributed by atoms with Crippen molar-refractivity contribution in [2.45, 2.75) is 20.3 Å². The third-order valence-corrected chi connectivity index (χ3v) is 4.07. The van der Waals surface area contributed by atoms with Crippen molar-refractivity contribution in [3.63, 3.8) is 0 Å². The zero-order chi connectivity index (χ0) is 21.2. The molecule has 0 atom stereocenters. The molecule has 0 heterocycles. The maximum atomic E-state index is 12.2. The minimum Gasteiger partial charge on any atom is -0.497 e. The second-order valence-corrected chi connectivity index (χ2v) is 6.75. The van der Waals surface area contributed by atoms with Gasteiger partial charge in [-0.2, -0.15) is 0 Å². The van der Waals surface area contributed by atoms with Gasteiger partial charge in [-0.1, -0.05) is 13.8 Å². The zero-order valence-corrected chi connectivity index (χ0v) is 17.2. The van der Waals surface area contributed by atoms with E-state index < -0.39 is 18.5 Å². The van der Waals surface area contributed by atoms with Gasteiger partial charge in [0.2, 0.25) is 0 Å². The number of nitrogens with one attached hydrogen (secondary N) is 1. The number of amides is 1. The number of carbonyl (C=O) groups is 2. The van der Waals surface area contributed by atoms with Crippen LogP contribution in [-0.2, 0) is 9.53 Å². The molecule has 0 unspecified atom stereocenters. The highest BCUT2D eigenvalue weighted by Crippen LogP contribution is 2.28. The Kier molecular flexibility index (Phi) is 8.33. The van der Waals surface area contributed by atoms with Crippen LogP contribution in [0.1, 0.15) is 30.6 Å². The molecule has 0 aromatic heterocycles. The minimum absolute atomic E-state index is 0.341. The van der Waals surface area contributed by atoms with Gasteiger partial charge in [0, 0.05) is 6.07 Å². The molecule has 1 N–H and O–H groups in total. The highest BCUT2D eigenvalue weighted by molar-refractivity contribution is 5.96.